The molecule has 3 heteroatoms. The van der Waals surface area contributed by atoms with E-state index in [1.807, 2.05) is 13.1 Å². The van der Waals surface area contributed by atoms with Crippen LogP contribution in [0.5, 0.6) is 0 Å². The summed E-state index contributed by atoms with van der Waals surface area (Å²) >= 11 is 1.78. The average Bonchev–Trinajstić information content (AvgIpc) is 2.51. The molecule has 2 N–H and O–H groups in total. The topological polar surface area (TPSA) is 38.9 Å². The molecule has 1 unspecified atom stereocenters. The standard InChI is InChI=1S/C10H18N2S/c1-4-10(3,7-11)5-9-6-12-8(2)13-9/h6H,4-5,7,11H2,1-3H3. The summed E-state index contributed by atoms with van der Waals surface area (Å²) in [5.41, 5.74) is 6.01. The lowest BCUT2D eigenvalue weighted by Crippen LogP contribution is -2.28. The van der Waals surface area contributed by atoms with Gasteiger partial charge in [-0.25, -0.2) is 4.98 Å². The van der Waals surface area contributed by atoms with Crippen molar-refractivity contribution in [2.45, 2.75) is 33.6 Å². The molecular weight excluding hydrogens is 180 g/mol. The molecule has 13 heavy (non-hydrogen) atoms. The molecule has 1 rings (SSSR count). The summed E-state index contributed by atoms with van der Waals surface area (Å²) in [6.07, 6.45) is 4.16. The SMILES string of the molecule is CCC(C)(CN)Cc1cnc(C)s1. The van der Waals surface area contributed by atoms with E-state index in [4.69, 9.17) is 5.73 Å². The quantitative estimate of drug-likeness (QED) is 0.806. The fourth-order valence-corrected chi connectivity index (χ4v) is 2.26. The predicted molar refractivity (Wildman–Crippen MR) is 58.0 cm³/mol. The molecular formula is C10H18N2S. The molecule has 0 aliphatic carbocycles. The van der Waals surface area contributed by atoms with Gasteiger partial charge in [-0.3, -0.25) is 0 Å². The van der Waals surface area contributed by atoms with Crippen LogP contribution >= 0.6 is 11.3 Å². The molecule has 0 aromatic carbocycles. The van der Waals surface area contributed by atoms with Crippen LogP contribution in [0.25, 0.3) is 0 Å². The number of aromatic nitrogens is 1. The molecule has 1 aromatic rings. The summed E-state index contributed by atoms with van der Waals surface area (Å²) in [6, 6.07) is 0. The highest BCUT2D eigenvalue weighted by atomic mass is 32.1. The van der Waals surface area contributed by atoms with Crippen LogP contribution in [0.2, 0.25) is 0 Å². The van der Waals surface area contributed by atoms with Crippen molar-refractivity contribution >= 4 is 11.3 Å². The lowest BCUT2D eigenvalue weighted by molar-refractivity contribution is 0.323. The Morgan fingerprint density at radius 3 is 2.69 bits per heavy atom. The van der Waals surface area contributed by atoms with Crippen molar-refractivity contribution < 1.29 is 0 Å². The third-order valence-corrected chi connectivity index (χ3v) is 3.53. The lowest BCUT2D eigenvalue weighted by atomic mass is 9.84. The van der Waals surface area contributed by atoms with Gasteiger partial charge in [0.2, 0.25) is 0 Å². The number of thiazole rings is 1. The van der Waals surface area contributed by atoms with Crippen LogP contribution in [0.15, 0.2) is 6.20 Å². The first-order valence-corrected chi connectivity index (χ1v) is 5.52. The smallest absolute Gasteiger partial charge is 0.0896 e. The average molecular weight is 198 g/mol. The van der Waals surface area contributed by atoms with Crippen molar-refractivity contribution in [3.8, 4) is 0 Å². The Hall–Kier alpha value is -0.410. The van der Waals surface area contributed by atoms with Crippen LogP contribution in [0.1, 0.15) is 30.2 Å². The van der Waals surface area contributed by atoms with Gasteiger partial charge in [0, 0.05) is 11.1 Å². The Morgan fingerprint density at radius 2 is 2.31 bits per heavy atom. The molecule has 0 amide bonds. The predicted octanol–water partition coefficient (Wildman–Crippen LogP) is 2.37. The Bertz CT molecular complexity index is 264. The van der Waals surface area contributed by atoms with Gasteiger partial charge in [0.15, 0.2) is 0 Å². The van der Waals surface area contributed by atoms with Gasteiger partial charge >= 0.3 is 0 Å². The number of hydrogen-bond donors (Lipinski definition) is 1. The van der Waals surface area contributed by atoms with Gasteiger partial charge in [0.25, 0.3) is 0 Å². The molecule has 0 aliphatic rings. The largest absolute Gasteiger partial charge is 0.330 e. The van der Waals surface area contributed by atoms with E-state index in [0.29, 0.717) is 0 Å². The molecule has 0 saturated carbocycles. The first-order valence-electron chi connectivity index (χ1n) is 4.71. The Labute approximate surface area is 84.2 Å². The van der Waals surface area contributed by atoms with Gasteiger partial charge in [0.05, 0.1) is 5.01 Å². The van der Waals surface area contributed by atoms with Gasteiger partial charge in [-0.1, -0.05) is 13.8 Å². The highest BCUT2D eigenvalue weighted by Gasteiger charge is 2.21. The van der Waals surface area contributed by atoms with E-state index in [2.05, 4.69) is 18.8 Å². The van der Waals surface area contributed by atoms with Gasteiger partial charge in [-0.05, 0) is 31.7 Å². The van der Waals surface area contributed by atoms with Gasteiger partial charge in [-0.2, -0.15) is 0 Å². The van der Waals surface area contributed by atoms with E-state index in [-0.39, 0.29) is 5.41 Å². The summed E-state index contributed by atoms with van der Waals surface area (Å²) in [7, 11) is 0. The fourth-order valence-electron chi connectivity index (χ4n) is 1.25. The van der Waals surface area contributed by atoms with E-state index in [9.17, 15) is 0 Å². The number of aryl methyl sites for hydroxylation is 1. The zero-order valence-electron chi connectivity index (χ0n) is 8.63. The maximum Gasteiger partial charge on any atom is 0.0896 e. The fraction of sp³-hybridized carbons (Fsp3) is 0.700. The van der Waals surface area contributed by atoms with Crippen LogP contribution < -0.4 is 5.73 Å². The minimum atomic E-state index is 0.249. The molecule has 0 bridgehead atoms. The van der Waals surface area contributed by atoms with Crippen LogP contribution in [0.4, 0.5) is 0 Å². The second kappa shape index (κ2) is 4.20. The van der Waals surface area contributed by atoms with Crippen molar-refractivity contribution in [1.82, 2.24) is 4.98 Å². The summed E-state index contributed by atoms with van der Waals surface area (Å²) in [6.45, 7) is 7.23. The first-order chi connectivity index (χ1) is 6.09. The molecule has 0 aliphatic heterocycles. The molecule has 0 saturated heterocycles. The van der Waals surface area contributed by atoms with Gasteiger partial charge in [-0.15, -0.1) is 11.3 Å². The highest BCUT2D eigenvalue weighted by molar-refractivity contribution is 7.11. The summed E-state index contributed by atoms with van der Waals surface area (Å²) in [4.78, 5) is 5.60. The van der Waals surface area contributed by atoms with Crippen molar-refractivity contribution in [2.24, 2.45) is 11.1 Å². The Kier molecular flexibility index (Phi) is 3.45. The zero-order chi connectivity index (χ0) is 9.90. The zero-order valence-corrected chi connectivity index (χ0v) is 9.45. The maximum absolute atomic E-state index is 5.76. The van der Waals surface area contributed by atoms with Crippen LogP contribution in [-0.2, 0) is 6.42 Å². The second-order valence-electron chi connectivity index (χ2n) is 3.89. The maximum atomic E-state index is 5.76. The van der Waals surface area contributed by atoms with Crippen LogP contribution in [-0.4, -0.2) is 11.5 Å². The van der Waals surface area contributed by atoms with E-state index in [0.717, 1.165) is 24.4 Å². The molecule has 2 nitrogen and oxygen atoms in total. The van der Waals surface area contributed by atoms with Crippen LogP contribution in [0, 0.1) is 12.3 Å². The van der Waals surface area contributed by atoms with E-state index >= 15 is 0 Å². The monoisotopic (exact) mass is 198 g/mol. The summed E-state index contributed by atoms with van der Waals surface area (Å²) in [5, 5.41) is 1.14. The van der Waals surface area contributed by atoms with Crippen LogP contribution in [0.3, 0.4) is 0 Å². The molecule has 0 fully saturated rings. The van der Waals surface area contributed by atoms with Crippen molar-refractivity contribution in [1.29, 1.82) is 0 Å². The minimum Gasteiger partial charge on any atom is -0.330 e. The Morgan fingerprint density at radius 1 is 1.62 bits per heavy atom. The number of nitrogens with two attached hydrogens (primary N) is 1. The van der Waals surface area contributed by atoms with Crippen molar-refractivity contribution in [3.63, 3.8) is 0 Å². The molecule has 1 aromatic heterocycles. The molecule has 1 heterocycles. The van der Waals surface area contributed by atoms with Gasteiger partial charge < -0.3 is 5.73 Å². The van der Waals surface area contributed by atoms with Crippen molar-refractivity contribution in [3.05, 3.63) is 16.1 Å². The summed E-state index contributed by atoms with van der Waals surface area (Å²) < 4.78 is 0. The second-order valence-corrected chi connectivity index (χ2v) is 5.21. The first kappa shape index (κ1) is 10.7. The third kappa shape index (κ3) is 2.78. The molecule has 0 spiro atoms. The normalized spacial score (nSPS) is 15.7. The minimum absolute atomic E-state index is 0.249. The van der Waals surface area contributed by atoms with Crippen molar-refractivity contribution in [2.75, 3.05) is 6.54 Å². The summed E-state index contributed by atoms with van der Waals surface area (Å²) in [5.74, 6) is 0. The molecule has 1 atom stereocenters. The number of nitrogens with zero attached hydrogens (tertiary/aromatic N) is 1. The number of rotatable bonds is 4. The van der Waals surface area contributed by atoms with E-state index < -0.39 is 0 Å². The highest BCUT2D eigenvalue weighted by Crippen LogP contribution is 2.27. The molecule has 0 radical (unpaired) electrons. The molecule has 74 valence electrons. The van der Waals surface area contributed by atoms with E-state index in [1.165, 1.54) is 4.88 Å². The number of hydrogen-bond acceptors (Lipinski definition) is 3. The van der Waals surface area contributed by atoms with E-state index in [1.54, 1.807) is 11.3 Å². The lowest BCUT2D eigenvalue weighted by Gasteiger charge is -2.25. The third-order valence-electron chi connectivity index (χ3n) is 2.62. The van der Waals surface area contributed by atoms with Gasteiger partial charge in [0.1, 0.15) is 0 Å². The Balaban J connectivity index is 2.67.